The Kier molecular flexibility index (Phi) is 41.2. The third-order valence-corrected chi connectivity index (χ3v) is 10.6. The second kappa shape index (κ2) is 43.5. The van der Waals surface area contributed by atoms with E-state index in [0.717, 1.165) is 83.5 Å². The Bertz CT molecular complexity index is 1470. The van der Waals surface area contributed by atoms with Crippen molar-refractivity contribution in [1.29, 1.82) is 0 Å². The molecule has 0 aliphatic rings. The van der Waals surface area contributed by atoms with Gasteiger partial charge in [-0.15, -0.1) is 0 Å². The molecule has 64 heavy (non-hydrogen) atoms. The molecule has 0 saturated carbocycles. The molecule has 2 unspecified atom stereocenters. The lowest BCUT2D eigenvalue weighted by molar-refractivity contribution is -0.870. The molecular weight excluding hydrogens is 826 g/mol. The summed E-state index contributed by atoms with van der Waals surface area (Å²) in [6, 6.07) is 0. The van der Waals surface area contributed by atoms with Gasteiger partial charge in [-0.3, -0.25) is 18.6 Å². The van der Waals surface area contributed by atoms with E-state index in [1.165, 1.54) is 32.1 Å². The predicted molar refractivity (Wildman–Crippen MR) is 267 cm³/mol. The Labute approximate surface area is 389 Å². The van der Waals surface area contributed by atoms with Gasteiger partial charge in [-0.05, 0) is 83.5 Å². The number of hydrogen-bond acceptors (Lipinski definition) is 8. The lowest BCUT2D eigenvalue weighted by Gasteiger charge is -2.24. The summed E-state index contributed by atoms with van der Waals surface area (Å²) in [7, 11) is 1.33. The molecule has 0 aliphatic carbocycles. The van der Waals surface area contributed by atoms with Crippen molar-refractivity contribution >= 4 is 19.8 Å². The Morgan fingerprint density at radius 1 is 0.578 bits per heavy atom. The minimum atomic E-state index is -4.45. The molecule has 0 bridgehead atoms. The van der Waals surface area contributed by atoms with E-state index in [4.69, 9.17) is 18.5 Å². The van der Waals surface area contributed by atoms with Gasteiger partial charge < -0.3 is 24.0 Å². The molecule has 0 aromatic heterocycles. The molecule has 2 N–H and O–H groups in total. The summed E-state index contributed by atoms with van der Waals surface area (Å²) in [5.74, 6) is -1.11. The monoisotopic (exact) mass is 915 g/mol. The highest BCUT2D eigenvalue weighted by Gasteiger charge is 2.27. The number of carbonyl (C=O) groups excluding carboxylic acids is 2. The van der Waals surface area contributed by atoms with Gasteiger partial charge in [-0.1, -0.05) is 168 Å². The summed E-state index contributed by atoms with van der Waals surface area (Å²) >= 11 is 0. The van der Waals surface area contributed by atoms with E-state index >= 15 is 0 Å². The molecule has 0 radical (unpaired) electrons. The van der Waals surface area contributed by atoms with Gasteiger partial charge in [-0.25, -0.2) is 4.57 Å². The first-order valence-electron chi connectivity index (χ1n) is 24.2. The lowest BCUT2D eigenvalue weighted by Crippen LogP contribution is -2.37. The number of ether oxygens (including phenoxy) is 2. The molecule has 0 aromatic rings. The first-order chi connectivity index (χ1) is 30.9. The zero-order chi connectivity index (χ0) is 47.3. The fraction of sp³-hybridized carbons (Fsp3) is 0.623. The van der Waals surface area contributed by atoms with Crippen molar-refractivity contribution in [3.05, 3.63) is 109 Å². The molecule has 0 amide bonds. The van der Waals surface area contributed by atoms with Crippen LogP contribution in [0.4, 0.5) is 0 Å². The number of aliphatic hydroxyl groups is 1. The summed E-state index contributed by atoms with van der Waals surface area (Å²) in [5.41, 5.74) is 0. The van der Waals surface area contributed by atoms with E-state index < -0.39 is 38.6 Å². The molecule has 364 valence electrons. The molecule has 0 fully saturated rings. The Morgan fingerprint density at radius 2 is 1.08 bits per heavy atom. The highest BCUT2D eigenvalue weighted by Crippen LogP contribution is 2.43. The molecule has 3 atom stereocenters. The van der Waals surface area contributed by atoms with E-state index in [0.29, 0.717) is 17.4 Å². The largest absolute Gasteiger partial charge is 0.472 e. The van der Waals surface area contributed by atoms with Crippen molar-refractivity contribution in [1.82, 2.24) is 0 Å². The highest BCUT2D eigenvalue weighted by molar-refractivity contribution is 7.47. The van der Waals surface area contributed by atoms with E-state index in [9.17, 15) is 24.2 Å². The molecule has 0 heterocycles. The van der Waals surface area contributed by atoms with Crippen LogP contribution in [0.5, 0.6) is 0 Å². The third kappa shape index (κ3) is 46.6. The lowest BCUT2D eigenvalue weighted by atomic mass is 10.1. The fourth-order valence-electron chi connectivity index (χ4n) is 5.84. The van der Waals surface area contributed by atoms with Gasteiger partial charge in [0, 0.05) is 12.8 Å². The molecule has 0 rings (SSSR count). The highest BCUT2D eigenvalue weighted by atomic mass is 31.2. The van der Waals surface area contributed by atoms with Gasteiger partial charge >= 0.3 is 19.8 Å². The van der Waals surface area contributed by atoms with Gasteiger partial charge in [0.25, 0.3) is 0 Å². The van der Waals surface area contributed by atoms with Crippen molar-refractivity contribution in [3.63, 3.8) is 0 Å². The standard InChI is InChI=1S/C53H88NO9P/c1-6-8-10-12-14-16-18-20-22-24-25-26-27-29-31-33-35-37-39-41-43-53(57)63-51(49-62-64(58,59)61-47-46-54(3,4)5)48-60-52(56)45-44-50(55)42-40-38-36-34-32-30-28-23-21-19-17-15-13-11-9-7-2/h9,11,15-18,21-24,26-27,30,32,36,38,40,42,50-51,55H,6-8,10,12-14,19-20,25,28-29,31,33-35,37,39,41,43-49H2,1-5H3/p+1/b11-9-,17-15-,18-16-,23-21-,24-22-,27-26-,32-30-,38-36-,42-40-/t50?,51-/m1/s1. The normalized spacial score (nSPS) is 14.9. The van der Waals surface area contributed by atoms with Crippen LogP contribution in [-0.2, 0) is 32.7 Å². The minimum Gasteiger partial charge on any atom is -0.462 e. The molecule has 0 aromatic carbocycles. The number of nitrogens with zero attached hydrogens (tertiary/aromatic N) is 1. The minimum absolute atomic E-state index is 0.0134. The summed E-state index contributed by atoms with van der Waals surface area (Å²) in [4.78, 5) is 35.5. The van der Waals surface area contributed by atoms with Crippen LogP contribution in [0.15, 0.2) is 109 Å². The predicted octanol–water partition coefficient (Wildman–Crippen LogP) is 13.3. The quantitative estimate of drug-likeness (QED) is 0.0154. The Hall–Kier alpha value is -3.37. The number of rotatable bonds is 42. The maximum atomic E-state index is 12.7. The Morgan fingerprint density at radius 3 is 1.62 bits per heavy atom. The van der Waals surface area contributed by atoms with Crippen LogP contribution in [0.1, 0.15) is 155 Å². The second-order valence-electron chi connectivity index (χ2n) is 17.0. The number of aliphatic hydroxyl groups excluding tert-OH is 1. The van der Waals surface area contributed by atoms with E-state index in [1.54, 1.807) is 12.2 Å². The van der Waals surface area contributed by atoms with Crippen LogP contribution in [0.25, 0.3) is 0 Å². The third-order valence-electron chi connectivity index (χ3n) is 9.65. The van der Waals surface area contributed by atoms with Crippen molar-refractivity contribution in [2.24, 2.45) is 0 Å². The number of phosphoric ester groups is 1. The van der Waals surface area contributed by atoms with Crippen LogP contribution >= 0.6 is 7.82 Å². The summed E-state index contributed by atoms with van der Waals surface area (Å²) in [6.45, 7) is 3.98. The number of phosphoric acid groups is 1. The van der Waals surface area contributed by atoms with Crippen molar-refractivity contribution < 1.29 is 47.2 Å². The van der Waals surface area contributed by atoms with Crippen molar-refractivity contribution in [3.8, 4) is 0 Å². The number of quaternary nitrogens is 1. The average molecular weight is 915 g/mol. The zero-order valence-corrected chi connectivity index (χ0v) is 41.5. The van der Waals surface area contributed by atoms with Crippen LogP contribution in [0, 0.1) is 0 Å². The molecular formula is C53H89NO9P+. The van der Waals surface area contributed by atoms with Gasteiger partial charge in [0.2, 0.25) is 0 Å². The van der Waals surface area contributed by atoms with Crippen LogP contribution < -0.4 is 0 Å². The molecule has 0 aliphatic heterocycles. The average Bonchev–Trinajstić information content (AvgIpc) is 3.25. The van der Waals surface area contributed by atoms with E-state index in [-0.39, 0.29) is 32.5 Å². The smallest absolute Gasteiger partial charge is 0.462 e. The molecule has 0 spiro atoms. The zero-order valence-electron chi connectivity index (χ0n) is 40.6. The van der Waals surface area contributed by atoms with Crippen LogP contribution in [0.3, 0.4) is 0 Å². The van der Waals surface area contributed by atoms with Crippen molar-refractivity contribution in [2.45, 2.75) is 167 Å². The van der Waals surface area contributed by atoms with Gasteiger partial charge in [-0.2, -0.15) is 0 Å². The van der Waals surface area contributed by atoms with E-state index in [2.05, 4.69) is 98.9 Å². The van der Waals surface area contributed by atoms with Gasteiger partial charge in [0.1, 0.15) is 19.8 Å². The maximum absolute atomic E-state index is 12.7. The topological polar surface area (TPSA) is 129 Å². The van der Waals surface area contributed by atoms with Crippen LogP contribution in [0.2, 0.25) is 0 Å². The number of likely N-dealkylation sites (N-methyl/N-ethyl adjacent to an activating group) is 1. The molecule has 0 saturated heterocycles. The first kappa shape index (κ1) is 60.6. The molecule has 11 heteroatoms. The fourth-order valence-corrected chi connectivity index (χ4v) is 6.58. The Balaban J connectivity index is 4.57. The number of carbonyl (C=O) groups is 2. The number of allylic oxidation sites excluding steroid dienone is 17. The molecule has 10 nitrogen and oxygen atoms in total. The SMILES string of the molecule is CC/C=C\C/C=C\C/C=C\C/C=C\C/C=C\C=C/C(O)CCC(=O)OC[C@H](COP(=O)(O)OCC[N+](C)(C)C)OC(=O)CCCCCCCC/C=C\C/C=C\C/C=C\CCCCCC. The maximum Gasteiger partial charge on any atom is 0.472 e. The van der Waals surface area contributed by atoms with E-state index in [1.807, 2.05) is 33.3 Å². The van der Waals surface area contributed by atoms with Crippen LogP contribution in [-0.4, -0.2) is 86.1 Å². The summed E-state index contributed by atoms with van der Waals surface area (Å²) in [6.07, 6.45) is 56.1. The summed E-state index contributed by atoms with van der Waals surface area (Å²) in [5, 5.41) is 10.3. The summed E-state index contributed by atoms with van der Waals surface area (Å²) < 4.78 is 34.2. The van der Waals surface area contributed by atoms with Crippen molar-refractivity contribution in [2.75, 3.05) is 47.5 Å². The number of esters is 2. The first-order valence-corrected chi connectivity index (χ1v) is 25.7. The second-order valence-corrected chi connectivity index (χ2v) is 18.4. The van der Waals surface area contributed by atoms with Gasteiger partial charge in [0.05, 0.1) is 33.9 Å². The number of unbranched alkanes of at least 4 members (excludes halogenated alkanes) is 10. The number of hydrogen-bond donors (Lipinski definition) is 2. The van der Waals surface area contributed by atoms with Gasteiger partial charge in [0.15, 0.2) is 6.10 Å².